The van der Waals surface area contributed by atoms with Crippen LogP contribution in [0.25, 0.3) is 0 Å². The zero-order valence-electron chi connectivity index (χ0n) is 9.16. The van der Waals surface area contributed by atoms with Crippen molar-refractivity contribution in [3.05, 3.63) is 40.4 Å². The molecule has 16 heavy (non-hydrogen) atoms. The van der Waals surface area contributed by atoms with Gasteiger partial charge in [-0.3, -0.25) is 0 Å². The van der Waals surface area contributed by atoms with Crippen molar-refractivity contribution in [3.63, 3.8) is 0 Å². The van der Waals surface area contributed by atoms with Crippen molar-refractivity contribution in [3.8, 4) is 5.75 Å². The topological polar surface area (TPSA) is 46.5 Å². The molecule has 0 fully saturated rings. The summed E-state index contributed by atoms with van der Waals surface area (Å²) >= 11 is 5.49. The Morgan fingerprint density at radius 3 is 2.81 bits per heavy atom. The Balaban J connectivity index is 2.92. The molecule has 0 saturated carbocycles. The second-order valence-corrected chi connectivity index (χ2v) is 3.77. The zero-order chi connectivity index (χ0) is 12.1. The summed E-state index contributed by atoms with van der Waals surface area (Å²) in [5.41, 5.74) is 3.36. The Morgan fingerprint density at radius 1 is 1.56 bits per heavy atom. The standard InChI is InChI=1S/C12H13ClO3/c1-8-3-4-10(12(14)15)11(5-8)16-7-9(2)6-13/h3-6H,7H2,1-2H3,(H,14,15)/b9-6-. The first-order chi connectivity index (χ1) is 7.54. The van der Waals surface area contributed by atoms with Crippen LogP contribution < -0.4 is 4.74 Å². The molecule has 0 aliphatic rings. The van der Waals surface area contributed by atoms with Crippen LogP contribution in [-0.4, -0.2) is 17.7 Å². The number of halogens is 1. The van der Waals surface area contributed by atoms with E-state index in [9.17, 15) is 4.79 Å². The highest BCUT2D eigenvalue weighted by atomic mass is 35.5. The van der Waals surface area contributed by atoms with Crippen molar-refractivity contribution < 1.29 is 14.6 Å². The average Bonchev–Trinajstić information content (AvgIpc) is 2.25. The van der Waals surface area contributed by atoms with E-state index in [0.717, 1.165) is 11.1 Å². The van der Waals surface area contributed by atoms with E-state index in [1.807, 2.05) is 13.8 Å². The lowest BCUT2D eigenvalue weighted by atomic mass is 10.1. The van der Waals surface area contributed by atoms with Gasteiger partial charge in [0.1, 0.15) is 17.9 Å². The monoisotopic (exact) mass is 240 g/mol. The van der Waals surface area contributed by atoms with Crippen molar-refractivity contribution in [2.45, 2.75) is 13.8 Å². The largest absolute Gasteiger partial charge is 0.488 e. The molecule has 0 atom stereocenters. The molecule has 3 nitrogen and oxygen atoms in total. The number of aryl methyl sites for hydroxylation is 1. The minimum absolute atomic E-state index is 0.160. The molecule has 86 valence electrons. The smallest absolute Gasteiger partial charge is 0.339 e. The van der Waals surface area contributed by atoms with Crippen molar-refractivity contribution in [2.24, 2.45) is 0 Å². The zero-order valence-corrected chi connectivity index (χ0v) is 9.91. The first-order valence-corrected chi connectivity index (χ1v) is 5.21. The van der Waals surface area contributed by atoms with Gasteiger partial charge in [0.25, 0.3) is 0 Å². The fourth-order valence-corrected chi connectivity index (χ4v) is 1.21. The van der Waals surface area contributed by atoms with Crippen LogP contribution in [0, 0.1) is 6.92 Å². The third kappa shape index (κ3) is 3.28. The number of carboxylic acids is 1. The predicted octanol–water partition coefficient (Wildman–Crippen LogP) is 3.21. The van der Waals surface area contributed by atoms with E-state index in [1.54, 1.807) is 12.1 Å². The second kappa shape index (κ2) is 5.56. The number of carboxylic acid groups (broad SMARTS) is 1. The Kier molecular flexibility index (Phi) is 4.38. The molecule has 0 radical (unpaired) electrons. The van der Waals surface area contributed by atoms with Crippen molar-refractivity contribution in [1.82, 2.24) is 0 Å². The molecule has 0 amide bonds. The molecular formula is C12H13ClO3. The van der Waals surface area contributed by atoms with Gasteiger partial charge in [-0.15, -0.1) is 0 Å². The first-order valence-electron chi connectivity index (χ1n) is 4.77. The maximum Gasteiger partial charge on any atom is 0.339 e. The number of benzene rings is 1. The highest BCUT2D eigenvalue weighted by molar-refractivity contribution is 6.25. The normalized spacial score (nSPS) is 11.3. The Bertz CT molecular complexity index is 424. The number of aromatic carboxylic acids is 1. The number of hydrogen-bond acceptors (Lipinski definition) is 2. The third-order valence-electron chi connectivity index (χ3n) is 2.01. The van der Waals surface area contributed by atoms with Gasteiger partial charge in [-0.1, -0.05) is 17.7 Å². The summed E-state index contributed by atoms with van der Waals surface area (Å²) < 4.78 is 5.40. The molecule has 0 bridgehead atoms. The van der Waals surface area contributed by atoms with E-state index < -0.39 is 5.97 Å². The molecule has 0 unspecified atom stereocenters. The summed E-state index contributed by atoms with van der Waals surface area (Å²) in [6.07, 6.45) is 0. The Morgan fingerprint density at radius 2 is 2.25 bits per heavy atom. The molecular weight excluding hydrogens is 228 g/mol. The fourth-order valence-electron chi connectivity index (χ4n) is 1.15. The van der Waals surface area contributed by atoms with Gasteiger partial charge in [0.15, 0.2) is 0 Å². The molecule has 1 N–H and O–H groups in total. The number of hydrogen-bond donors (Lipinski definition) is 1. The van der Waals surface area contributed by atoms with Crippen molar-refractivity contribution in [2.75, 3.05) is 6.61 Å². The summed E-state index contributed by atoms with van der Waals surface area (Å²) in [7, 11) is 0. The van der Waals surface area contributed by atoms with E-state index in [4.69, 9.17) is 21.4 Å². The molecule has 0 saturated heterocycles. The van der Waals surface area contributed by atoms with E-state index in [2.05, 4.69) is 0 Å². The number of carbonyl (C=O) groups is 1. The van der Waals surface area contributed by atoms with E-state index >= 15 is 0 Å². The van der Waals surface area contributed by atoms with E-state index in [-0.39, 0.29) is 12.2 Å². The van der Waals surface area contributed by atoms with Crippen LogP contribution in [0.15, 0.2) is 29.3 Å². The van der Waals surface area contributed by atoms with E-state index in [1.165, 1.54) is 11.6 Å². The number of rotatable bonds is 4. The summed E-state index contributed by atoms with van der Waals surface area (Å²) in [5.74, 6) is -0.632. The van der Waals surface area contributed by atoms with Gasteiger partial charge in [0.2, 0.25) is 0 Å². The molecule has 1 aromatic rings. The van der Waals surface area contributed by atoms with Gasteiger partial charge in [0, 0.05) is 5.54 Å². The minimum atomic E-state index is -0.998. The SMILES string of the molecule is C/C(=C/Cl)COc1cc(C)ccc1C(=O)O. The predicted molar refractivity (Wildman–Crippen MR) is 63.2 cm³/mol. The van der Waals surface area contributed by atoms with Gasteiger partial charge in [-0.05, 0) is 37.1 Å². The van der Waals surface area contributed by atoms with Crippen LogP contribution in [0.1, 0.15) is 22.8 Å². The number of ether oxygens (including phenoxy) is 1. The Hall–Kier alpha value is -1.48. The fraction of sp³-hybridized carbons (Fsp3) is 0.250. The lowest BCUT2D eigenvalue weighted by Crippen LogP contribution is -2.05. The molecule has 0 heterocycles. The van der Waals surface area contributed by atoms with Gasteiger partial charge in [-0.2, -0.15) is 0 Å². The van der Waals surface area contributed by atoms with Gasteiger partial charge in [0.05, 0.1) is 0 Å². The maximum absolute atomic E-state index is 10.9. The van der Waals surface area contributed by atoms with E-state index in [0.29, 0.717) is 5.75 Å². The van der Waals surface area contributed by atoms with Crippen LogP contribution in [0.2, 0.25) is 0 Å². The molecule has 1 rings (SSSR count). The quantitative estimate of drug-likeness (QED) is 0.879. The van der Waals surface area contributed by atoms with Gasteiger partial charge < -0.3 is 9.84 Å². The van der Waals surface area contributed by atoms with Crippen LogP contribution in [0.3, 0.4) is 0 Å². The summed E-state index contributed by atoms with van der Waals surface area (Å²) in [4.78, 5) is 10.9. The molecule has 0 aliphatic heterocycles. The maximum atomic E-state index is 10.9. The summed E-state index contributed by atoms with van der Waals surface area (Å²) in [6, 6.07) is 4.97. The third-order valence-corrected chi connectivity index (χ3v) is 2.38. The lowest BCUT2D eigenvalue weighted by molar-refractivity contribution is 0.0692. The summed E-state index contributed by atoms with van der Waals surface area (Å²) in [6.45, 7) is 3.97. The second-order valence-electron chi connectivity index (χ2n) is 3.55. The van der Waals surface area contributed by atoms with Gasteiger partial charge >= 0.3 is 5.97 Å². The van der Waals surface area contributed by atoms with Gasteiger partial charge in [-0.25, -0.2) is 4.79 Å². The van der Waals surface area contributed by atoms with Crippen LogP contribution >= 0.6 is 11.6 Å². The highest BCUT2D eigenvalue weighted by Gasteiger charge is 2.11. The average molecular weight is 241 g/mol. The van der Waals surface area contributed by atoms with Crippen molar-refractivity contribution >= 4 is 17.6 Å². The summed E-state index contributed by atoms with van der Waals surface area (Å²) in [5, 5.41) is 8.96. The van der Waals surface area contributed by atoms with Crippen LogP contribution in [-0.2, 0) is 0 Å². The van der Waals surface area contributed by atoms with Crippen molar-refractivity contribution in [1.29, 1.82) is 0 Å². The molecule has 0 aliphatic carbocycles. The molecule has 4 heteroatoms. The van der Waals surface area contributed by atoms with Crippen LogP contribution in [0.4, 0.5) is 0 Å². The minimum Gasteiger partial charge on any atom is -0.488 e. The van der Waals surface area contributed by atoms with Crippen LogP contribution in [0.5, 0.6) is 5.75 Å². The molecule has 0 spiro atoms. The highest BCUT2D eigenvalue weighted by Crippen LogP contribution is 2.21. The lowest BCUT2D eigenvalue weighted by Gasteiger charge is -2.09. The Labute approximate surface area is 99.3 Å². The molecule has 1 aromatic carbocycles. The first kappa shape index (κ1) is 12.6. The molecule has 0 aromatic heterocycles.